The number of pyridine rings is 1. The van der Waals surface area contributed by atoms with Gasteiger partial charge in [0.25, 0.3) is 0 Å². The average Bonchev–Trinajstić information content (AvgIpc) is 2.96. The molecule has 9 heteroatoms. The van der Waals surface area contributed by atoms with Gasteiger partial charge in [-0.15, -0.1) is 0 Å². The molecule has 0 saturated carbocycles. The molecule has 2 aromatic carbocycles. The molecular formula is C32H43N3O6. The number of hydrogen-bond acceptors (Lipinski definition) is 7. The highest BCUT2D eigenvalue weighted by atomic mass is 16.5. The van der Waals surface area contributed by atoms with Gasteiger partial charge in [-0.25, -0.2) is 9.59 Å². The van der Waals surface area contributed by atoms with Gasteiger partial charge in [-0.2, -0.15) is 0 Å². The molecule has 3 aromatic rings. The smallest absolute Gasteiger partial charge is 0.328 e. The predicted octanol–water partition coefficient (Wildman–Crippen LogP) is 5.98. The second-order valence-electron chi connectivity index (χ2n) is 9.79. The zero-order valence-corrected chi connectivity index (χ0v) is 24.3. The molecule has 0 radical (unpaired) electrons. The van der Waals surface area contributed by atoms with Crippen molar-refractivity contribution in [1.82, 2.24) is 4.98 Å². The molecule has 41 heavy (non-hydrogen) atoms. The highest BCUT2D eigenvalue weighted by molar-refractivity contribution is 5.99. The van der Waals surface area contributed by atoms with Crippen LogP contribution in [0.2, 0.25) is 0 Å². The van der Waals surface area contributed by atoms with Crippen molar-refractivity contribution in [1.29, 1.82) is 0 Å². The highest BCUT2D eigenvalue weighted by Gasteiger charge is 2.18. The first-order valence-corrected chi connectivity index (χ1v) is 14.0. The number of unbranched alkanes of at least 4 members (excludes halogenated alkanes) is 3. The molecule has 1 unspecified atom stereocenters. The number of carbonyl (C=O) groups is 2. The van der Waals surface area contributed by atoms with Gasteiger partial charge in [-0.1, -0.05) is 43.2 Å². The fraction of sp³-hybridized carbons (Fsp3) is 0.406. The van der Waals surface area contributed by atoms with E-state index in [0.717, 1.165) is 65.8 Å². The lowest BCUT2D eigenvalue weighted by atomic mass is 10.1. The summed E-state index contributed by atoms with van der Waals surface area (Å²) in [5.41, 5.74) is 10.1. The normalized spacial score (nSPS) is 11.5. The Kier molecular flexibility index (Phi) is 14.8. The van der Waals surface area contributed by atoms with Crippen LogP contribution in [0.3, 0.4) is 0 Å². The number of nitrogens with two attached hydrogens (primary N) is 1. The van der Waals surface area contributed by atoms with E-state index in [0.29, 0.717) is 31.3 Å². The van der Waals surface area contributed by atoms with Crippen LogP contribution >= 0.6 is 0 Å². The molecule has 0 saturated heterocycles. The molecule has 1 aromatic heterocycles. The van der Waals surface area contributed by atoms with E-state index in [4.69, 9.17) is 25.4 Å². The van der Waals surface area contributed by atoms with E-state index in [2.05, 4.69) is 54.5 Å². The number of benzene rings is 2. The van der Waals surface area contributed by atoms with Crippen molar-refractivity contribution < 1.29 is 29.3 Å². The summed E-state index contributed by atoms with van der Waals surface area (Å²) in [4.78, 5) is 23.8. The summed E-state index contributed by atoms with van der Waals surface area (Å²) in [6.07, 6.45) is 10.7. The lowest BCUT2D eigenvalue weighted by Gasteiger charge is -2.20. The molecule has 9 nitrogen and oxygen atoms in total. The van der Waals surface area contributed by atoms with Gasteiger partial charge in [0.15, 0.2) is 11.5 Å². The third-order valence-electron chi connectivity index (χ3n) is 6.42. The van der Waals surface area contributed by atoms with E-state index in [1.165, 1.54) is 18.4 Å². The number of aliphatic carboxylic acids is 2. The van der Waals surface area contributed by atoms with Crippen LogP contribution in [-0.4, -0.2) is 53.4 Å². The second kappa shape index (κ2) is 18.3. The van der Waals surface area contributed by atoms with Gasteiger partial charge in [-0.05, 0) is 69.7 Å². The first-order valence-electron chi connectivity index (χ1n) is 14.0. The van der Waals surface area contributed by atoms with Gasteiger partial charge in [0.1, 0.15) is 0 Å². The maximum Gasteiger partial charge on any atom is 0.328 e. The Hall–Kier alpha value is -4.11. The maximum absolute atomic E-state index is 9.55. The number of carboxylic acids is 2. The van der Waals surface area contributed by atoms with Gasteiger partial charge in [-0.3, -0.25) is 4.98 Å². The molecule has 0 spiro atoms. The molecule has 0 amide bonds. The quantitative estimate of drug-likeness (QED) is 0.122. The first-order chi connectivity index (χ1) is 19.8. The number of ether oxygens (including phenoxy) is 2. The van der Waals surface area contributed by atoms with Gasteiger partial charge in [0, 0.05) is 30.5 Å². The van der Waals surface area contributed by atoms with Crippen LogP contribution in [0.1, 0.15) is 56.6 Å². The van der Waals surface area contributed by atoms with E-state index in [-0.39, 0.29) is 0 Å². The number of anilines is 1. The number of nitrogens with one attached hydrogen (secondary N) is 1. The number of aromatic nitrogens is 1. The number of aryl methyl sites for hydroxylation is 2. The zero-order chi connectivity index (χ0) is 30.0. The summed E-state index contributed by atoms with van der Waals surface area (Å²) in [5.74, 6) is -0.974. The Balaban J connectivity index is 0.000000642. The molecule has 1 atom stereocenters. The van der Waals surface area contributed by atoms with E-state index in [1.54, 1.807) is 7.11 Å². The number of nitrogens with zero attached hydrogens (tertiary/aromatic N) is 1. The van der Waals surface area contributed by atoms with Crippen molar-refractivity contribution >= 4 is 28.5 Å². The molecule has 0 aliphatic rings. The SMILES string of the molecule is COc1cc(NC(C)CCCN)c2nccc(C)c2c1OCCCCCCc1ccccc1.O=C(O)C=CC(=O)O. The van der Waals surface area contributed by atoms with Crippen LogP contribution in [0.4, 0.5) is 5.69 Å². The van der Waals surface area contributed by atoms with E-state index in [9.17, 15) is 9.59 Å². The number of methoxy groups -OCH3 is 1. The summed E-state index contributed by atoms with van der Waals surface area (Å²) in [5, 5.41) is 20.2. The number of fused-ring (bicyclic) bond motifs is 1. The topological polar surface area (TPSA) is 144 Å². The Morgan fingerprint density at radius 3 is 2.34 bits per heavy atom. The largest absolute Gasteiger partial charge is 0.493 e. The van der Waals surface area contributed by atoms with Crippen LogP contribution in [-0.2, 0) is 16.0 Å². The average molecular weight is 566 g/mol. The number of carboxylic acid groups (broad SMARTS) is 2. The molecular weight excluding hydrogens is 522 g/mol. The summed E-state index contributed by atoms with van der Waals surface area (Å²) in [6, 6.07) is 15.0. The molecule has 0 aliphatic carbocycles. The molecule has 222 valence electrons. The molecule has 0 aliphatic heterocycles. The first kappa shape index (κ1) is 33.1. The van der Waals surface area contributed by atoms with Gasteiger partial charge in [0.05, 0.1) is 30.3 Å². The zero-order valence-electron chi connectivity index (χ0n) is 24.3. The molecule has 0 bridgehead atoms. The Morgan fingerprint density at radius 2 is 1.71 bits per heavy atom. The van der Waals surface area contributed by atoms with Gasteiger partial charge >= 0.3 is 11.9 Å². The van der Waals surface area contributed by atoms with E-state index in [1.807, 2.05) is 18.3 Å². The number of hydrogen-bond donors (Lipinski definition) is 4. The lowest BCUT2D eigenvalue weighted by molar-refractivity contribution is -0.134. The summed E-state index contributed by atoms with van der Waals surface area (Å²) in [7, 11) is 1.70. The van der Waals surface area contributed by atoms with Crippen LogP contribution in [0.25, 0.3) is 10.9 Å². The minimum Gasteiger partial charge on any atom is -0.493 e. The van der Waals surface area contributed by atoms with Crippen molar-refractivity contribution in [2.45, 2.75) is 64.8 Å². The third kappa shape index (κ3) is 11.9. The lowest BCUT2D eigenvalue weighted by Crippen LogP contribution is -2.17. The highest BCUT2D eigenvalue weighted by Crippen LogP contribution is 2.41. The standard InChI is InChI=1S/C28H39N3O2.C4H4O4/c1-21-16-18-30-27-24(31-22(2)12-11-17-29)20-25(32-3)28(26(21)27)33-19-10-5-4-7-13-23-14-8-6-9-15-23;5-3(6)1-2-4(7)8/h6,8-9,14-16,18,20,22,31H,4-5,7,10-13,17,19,29H2,1-3H3;1-2H,(H,5,6)(H,7,8). The van der Waals surface area contributed by atoms with Crippen molar-refractivity contribution in [2.24, 2.45) is 5.73 Å². The second-order valence-corrected chi connectivity index (χ2v) is 9.79. The Bertz CT molecular complexity index is 1250. The van der Waals surface area contributed by atoms with Crippen LogP contribution in [0.15, 0.2) is 60.8 Å². The Morgan fingerprint density at radius 1 is 1.02 bits per heavy atom. The van der Waals surface area contributed by atoms with Crippen molar-refractivity contribution in [2.75, 3.05) is 25.6 Å². The summed E-state index contributed by atoms with van der Waals surface area (Å²) >= 11 is 0. The molecule has 1 heterocycles. The van der Waals surface area contributed by atoms with E-state index >= 15 is 0 Å². The van der Waals surface area contributed by atoms with Crippen LogP contribution in [0, 0.1) is 6.92 Å². The predicted molar refractivity (Wildman–Crippen MR) is 163 cm³/mol. The molecule has 3 rings (SSSR count). The van der Waals surface area contributed by atoms with Gasteiger partial charge < -0.3 is 30.7 Å². The van der Waals surface area contributed by atoms with Crippen LogP contribution < -0.4 is 20.5 Å². The summed E-state index contributed by atoms with van der Waals surface area (Å²) in [6.45, 7) is 5.64. The fourth-order valence-corrected chi connectivity index (χ4v) is 4.35. The van der Waals surface area contributed by atoms with Crippen molar-refractivity contribution in [3.63, 3.8) is 0 Å². The minimum atomic E-state index is -1.26. The number of rotatable bonds is 16. The van der Waals surface area contributed by atoms with Crippen molar-refractivity contribution in [3.8, 4) is 11.5 Å². The van der Waals surface area contributed by atoms with Crippen LogP contribution in [0.5, 0.6) is 11.5 Å². The van der Waals surface area contributed by atoms with Gasteiger partial charge in [0.2, 0.25) is 0 Å². The van der Waals surface area contributed by atoms with Crippen molar-refractivity contribution in [3.05, 3.63) is 71.9 Å². The van der Waals surface area contributed by atoms with E-state index < -0.39 is 11.9 Å². The molecule has 0 fully saturated rings. The fourth-order valence-electron chi connectivity index (χ4n) is 4.35. The third-order valence-corrected chi connectivity index (χ3v) is 6.42. The summed E-state index contributed by atoms with van der Waals surface area (Å²) < 4.78 is 12.0. The Labute approximate surface area is 242 Å². The minimum absolute atomic E-state index is 0.298. The molecule has 5 N–H and O–H groups in total. The monoisotopic (exact) mass is 565 g/mol. The maximum atomic E-state index is 9.55.